The van der Waals surface area contributed by atoms with E-state index in [9.17, 15) is 9.59 Å². The topological polar surface area (TPSA) is 97.8 Å². The van der Waals surface area contributed by atoms with E-state index in [1.54, 1.807) is 50.6 Å². The molecule has 0 spiro atoms. The Morgan fingerprint density at radius 2 is 1.78 bits per heavy atom. The summed E-state index contributed by atoms with van der Waals surface area (Å²) in [7, 11) is 3.09. The van der Waals surface area contributed by atoms with Gasteiger partial charge >= 0.3 is 5.97 Å². The van der Waals surface area contributed by atoms with Crippen molar-refractivity contribution < 1.29 is 24.2 Å². The molecule has 0 saturated heterocycles. The van der Waals surface area contributed by atoms with Crippen molar-refractivity contribution in [3.63, 3.8) is 0 Å². The van der Waals surface area contributed by atoms with E-state index >= 15 is 0 Å². The van der Waals surface area contributed by atoms with Crippen LogP contribution in [0.2, 0.25) is 0 Å². The molecule has 138 valence electrons. The third kappa shape index (κ3) is 3.82. The van der Waals surface area contributed by atoms with E-state index < -0.39 is 18.4 Å². The number of rotatable bonds is 6. The summed E-state index contributed by atoms with van der Waals surface area (Å²) in [5.74, 6) is -0.456. The van der Waals surface area contributed by atoms with Crippen LogP contribution < -0.4 is 14.8 Å². The number of aromatic nitrogens is 1. The van der Waals surface area contributed by atoms with E-state index in [-0.39, 0.29) is 0 Å². The van der Waals surface area contributed by atoms with E-state index in [0.717, 1.165) is 5.56 Å². The lowest BCUT2D eigenvalue weighted by molar-refractivity contribution is -0.135. The van der Waals surface area contributed by atoms with Crippen LogP contribution in [0.3, 0.4) is 0 Å². The highest BCUT2D eigenvalue weighted by Crippen LogP contribution is 2.33. The maximum atomic E-state index is 12.5. The number of aliphatic carboxylic acids is 1. The molecule has 0 aliphatic heterocycles. The number of amides is 1. The number of carbonyl (C=O) groups is 2. The minimum absolute atomic E-state index is 0.353. The molecule has 27 heavy (non-hydrogen) atoms. The molecule has 7 heteroatoms. The summed E-state index contributed by atoms with van der Waals surface area (Å²) in [5.41, 5.74) is 2.29. The number of benzene rings is 2. The number of nitrogens with zero attached hydrogens (tertiary/aromatic N) is 1. The van der Waals surface area contributed by atoms with Crippen LogP contribution in [-0.2, 0) is 4.79 Å². The van der Waals surface area contributed by atoms with E-state index in [0.29, 0.717) is 33.7 Å². The minimum atomic E-state index is -1.11. The van der Waals surface area contributed by atoms with Gasteiger partial charge in [0.1, 0.15) is 6.54 Å². The number of methoxy groups -OCH3 is 2. The smallest absolute Gasteiger partial charge is 0.322 e. The Morgan fingerprint density at radius 3 is 2.48 bits per heavy atom. The number of nitrogens with one attached hydrogen (secondary N) is 1. The van der Waals surface area contributed by atoms with E-state index in [2.05, 4.69) is 10.3 Å². The van der Waals surface area contributed by atoms with E-state index in [4.69, 9.17) is 14.6 Å². The van der Waals surface area contributed by atoms with Crippen molar-refractivity contribution in [2.45, 2.75) is 0 Å². The maximum absolute atomic E-state index is 12.5. The lowest BCUT2D eigenvalue weighted by Crippen LogP contribution is -2.29. The highest BCUT2D eigenvalue weighted by atomic mass is 16.5. The average Bonchev–Trinajstić information content (AvgIpc) is 2.70. The van der Waals surface area contributed by atoms with Crippen LogP contribution in [0.5, 0.6) is 11.5 Å². The van der Waals surface area contributed by atoms with Gasteiger partial charge in [-0.3, -0.25) is 9.59 Å². The van der Waals surface area contributed by atoms with Gasteiger partial charge in [0.2, 0.25) is 0 Å². The Bertz CT molecular complexity index is 1020. The van der Waals surface area contributed by atoms with Crippen molar-refractivity contribution in [2.24, 2.45) is 0 Å². The molecule has 0 bridgehead atoms. The van der Waals surface area contributed by atoms with E-state index in [1.807, 2.05) is 12.1 Å². The highest BCUT2D eigenvalue weighted by molar-refractivity contribution is 6.07. The standard InChI is InChI=1S/C20H18N2O5/c1-26-17-8-7-12(9-18(17)27-2)16-10-14(20(25)21-11-19(23)24)13-5-3-4-6-15(13)22-16/h3-10H,11H2,1-2H3,(H,21,25)(H,23,24). The number of ether oxygens (including phenoxy) is 2. The van der Waals surface area contributed by atoms with Gasteiger partial charge in [-0.05, 0) is 30.3 Å². The SMILES string of the molecule is COc1ccc(-c2cc(C(=O)NCC(=O)O)c3ccccc3n2)cc1OC. The molecule has 0 saturated carbocycles. The second-order valence-corrected chi connectivity index (χ2v) is 5.72. The van der Waals surface area contributed by atoms with Crippen LogP contribution in [-0.4, -0.2) is 42.7 Å². The van der Waals surface area contributed by atoms with Crippen molar-refractivity contribution in [3.05, 3.63) is 54.1 Å². The van der Waals surface area contributed by atoms with Gasteiger partial charge in [0, 0.05) is 10.9 Å². The molecule has 1 aromatic heterocycles. The first-order chi connectivity index (χ1) is 13.0. The van der Waals surface area contributed by atoms with Crippen molar-refractivity contribution >= 4 is 22.8 Å². The van der Waals surface area contributed by atoms with Gasteiger partial charge in [-0.15, -0.1) is 0 Å². The normalized spacial score (nSPS) is 10.4. The summed E-state index contributed by atoms with van der Waals surface area (Å²) < 4.78 is 10.6. The zero-order valence-electron chi connectivity index (χ0n) is 14.9. The van der Waals surface area contributed by atoms with Crippen molar-refractivity contribution in [1.29, 1.82) is 0 Å². The summed E-state index contributed by atoms with van der Waals surface area (Å²) in [6, 6.07) is 14.2. The molecular formula is C20H18N2O5. The van der Waals surface area contributed by atoms with Gasteiger partial charge in [-0.1, -0.05) is 18.2 Å². The van der Waals surface area contributed by atoms with Gasteiger partial charge in [-0.2, -0.15) is 0 Å². The average molecular weight is 366 g/mol. The highest BCUT2D eigenvalue weighted by Gasteiger charge is 2.15. The number of hydrogen-bond acceptors (Lipinski definition) is 5. The fraction of sp³-hybridized carbons (Fsp3) is 0.150. The van der Waals surface area contributed by atoms with Gasteiger partial charge in [0.25, 0.3) is 5.91 Å². The van der Waals surface area contributed by atoms with Gasteiger partial charge in [0.15, 0.2) is 11.5 Å². The quantitative estimate of drug-likeness (QED) is 0.696. The molecular weight excluding hydrogens is 348 g/mol. The molecule has 0 aliphatic rings. The lowest BCUT2D eigenvalue weighted by Gasteiger charge is -2.12. The van der Waals surface area contributed by atoms with Crippen molar-refractivity contribution in [1.82, 2.24) is 10.3 Å². The van der Waals surface area contributed by atoms with Crippen LogP contribution in [0, 0.1) is 0 Å². The third-order valence-corrected chi connectivity index (χ3v) is 4.04. The van der Waals surface area contributed by atoms with Crippen LogP contribution >= 0.6 is 0 Å². The van der Waals surface area contributed by atoms with Crippen LogP contribution in [0.15, 0.2) is 48.5 Å². The Morgan fingerprint density at radius 1 is 1.04 bits per heavy atom. The van der Waals surface area contributed by atoms with Gasteiger partial charge < -0.3 is 19.9 Å². The Kier molecular flexibility index (Phi) is 5.21. The van der Waals surface area contributed by atoms with Crippen molar-refractivity contribution in [3.8, 4) is 22.8 Å². The molecule has 2 aromatic carbocycles. The number of pyridine rings is 1. The molecule has 0 atom stereocenters. The largest absolute Gasteiger partial charge is 0.493 e. The fourth-order valence-electron chi connectivity index (χ4n) is 2.76. The molecule has 0 radical (unpaired) electrons. The zero-order valence-corrected chi connectivity index (χ0v) is 14.9. The molecule has 3 rings (SSSR count). The minimum Gasteiger partial charge on any atom is -0.493 e. The molecule has 1 amide bonds. The molecule has 1 heterocycles. The summed E-state index contributed by atoms with van der Waals surface area (Å²) in [6.45, 7) is -0.457. The number of carboxylic acid groups (broad SMARTS) is 1. The predicted molar refractivity (Wildman–Crippen MR) is 100 cm³/mol. The Labute approximate surface area is 155 Å². The number of para-hydroxylation sites is 1. The number of fused-ring (bicyclic) bond motifs is 1. The summed E-state index contributed by atoms with van der Waals surface area (Å²) >= 11 is 0. The van der Waals surface area contributed by atoms with E-state index in [1.165, 1.54) is 0 Å². The monoisotopic (exact) mass is 366 g/mol. The van der Waals surface area contributed by atoms with Crippen molar-refractivity contribution in [2.75, 3.05) is 20.8 Å². The zero-order chi connectivity index (χ0) is 19.4. The van der Waals surface area contributed by atoms with Gasteiger partial charge in [0.05, 0.1) is 31.0 Å². The summed E-state index contributed by atoms with van der Waals surface area (Å²) in [4.78, 5) is 27.9. The van der Waals surface area contributed by atoms with Crippen LogP contribution in [0.1, 0.15) is 10.4 Å². The molecule has 0 unspecified atom stereocenters. The molecule has 7 nitrogen and oxygen atoms in total. The first kappa shape index (κ1) is 18.2. The number of hydrogen-bond donors (Lipinski definition) is 2. The Hall–Kier alpha value is -3.61. The second kappa shape index (κ2) is 7.74. The second-order valence-electron chi connectivity index (χ2n) is 5.72. The first-order valence-corrected chi connectivity index (χ1v) is 8.15. The number of carboxylic acids is 1. The molecule has 3 aromatic rings. The number of carbonyl (C=O) groups excluding carboxylic acids is 1. The van der Waals surface area contributed by atoms with Crippen LogP contribution in [0.4, 0.5) is 0 Å². The first-order valence-electron chi connectivity index (χ1n) is 8.15. The third-order valence-electron chi connectivity index (χ3n) is 4.04. The summed E-state index contributed by atoms with van der Waals surface area (Å²) in [5, 5.41) is 11.9. The van der Waals surface area contributed by atoms with Gasteiger partial charge in [-0.25, -0.2) is 4.98 Å². The summed E-state index contributed by atoms with van der Waals surface area (Å²) in [6.07, 6.45) is 0. The Balaban J connectivity index is 2.12. The molecule has 0 aliphatic carbocycles. The molecule has 0 fully saturated rings. The predicted octanol–water partition coefficient (Wildman–Crippen LogP) is 2.73. The maximum Gasteiger partial charge on any atom is 0.322 e. The lowest BCUT2D eigenvalue weighted by atomic mass is 10.0. The fourth-order valence-corrected chi connectivity index (χ4v) is 2.76. The van der Waals surface area contributed by atoms with Crippen LogP contribution in [0.25, 0.3) is 22.2 Å². The molecule has 2 N–H and O–H groups in total.